The first-order chi connectivity index (χ1) is 9.74. The molecule has 0 bridgehead atoms. The monoisotopic (exact) mass is 290 g/mol. The summed E-state index contributed by atoms with van der Waals surface area (Å²) in [5, 5.41) is 3.55. The molecule has 1 fully saturated rings. The fourth-order valence-corrected chi connectivity index (χ4v) is 3.60. The van der Waals surface area contributed by atoms with Gasteiger partial charge in [-0.2, -0.15) is 0 Å². The predicted octanol–water partition coefficient (Wildman–Crippen LogP) is 1.65. The van der Waals surface area contributed by atoms with Gasteiger partial charge in [0, 0.05) is 20.1 Å². The van der Waals surface area contributed by atoms with Crippen LogP contribution in [0.25, 0.3) is 10.2 Å². The Morgan fingerprint density at radius 2 is 2.30 bits per heavy atom. The molecule has 3 heterocycles. The second-order valence-corrected chi connectivity index (χ2v) is 5.92. The van der Waals surface area contributed by atoms with Gasteiger partial charge >= 0.3 is 6.03 Å². The van der Waals surface area contributed by atoms with E-state index >= 15 is 0 Å². The number of hydrogen-bond donors (Lipinski definition) is 1. The highest BCUT2D eigenvalue weighted by Gasteiger charge is 2.26. The van der Waals surface area contributed by atoms with Crippen LogP contribution in [0.1, 0.15) is 0 Å². The number of rotatable bonds is 1. The summed E-state index contributed by atoms with van der Waals surface area (Å²) in [6, 6.07) is 3.93. The van der Waals surface area contributed by atoms with Gasteiger partial charge in [0.05, 0.1) is 11.2 Å². The molecule has 7 heteroatoms. The highest BCUT2D eigenvalue weighted by Crippen LogP contribution is 2.41. The molecule has 4 rings (SSSR count). The van der Waals surface area contributed by atoms with Crippen LogP contribution in [0.2, 0.25) is 0 Å². The Morgan fingerprint density at radius 1 is 1.40 bits per heavy atom. The van der Waals surface area contributed by atoms with Gasteiger partial charge in [-0.25, -0.2) is 9.78 Å². The van der Waals surface area contributed by atoms with Crippen LogP contribution in [0.5, 0.6) is 5.75 Å². The van der Waals surface area contributed by atoms with Gasteiger partial charge in [0.15, 0.2) is 5.13 Å². The molecule has 2 aromatic rings. The average Bonchev–Trinajstić information content (AvgIpc) is 3.04. The smallest absolute Gasteiger partial charge is 0.323 e. The number of thiazole rings is 1. The van der Waals surface area contributed by atoms with Crippen LogP contribution < -0.4 is 19.9 Å². The minimum absolute atomic E-state index is 0.0671. The highest BCUT2D eigenvalue weighted by molar-refractivity contribution is 7.22. The van der Waals surface area contributed by atoms with Crippen molar-refractivity contribution in [2.45, 2.75) is 0 Å². The molecule has 2 amide bonds. The lowest BCUT2D eigenvalue weighted by molar-refractivity contribution is 0.252. The van der Waals surface area contributed by atoms with Gasteiger partial charge < -0.3 is 15.0 Å². The second-order valence-electron chi connectivity index (χ2n) is 4.91. The lowest BCUT2D eigenvalue weighted by Crippen LogP contribution is -2.29. The van der Waals surface area contributed by atoms with E-state index in [1.165, 1.54) is 0 Å². The Balaban J connectivity index is 1.87. The molecule has 0 atom stereocenters. The van der Waals surface area contributed by atoms with E-state index in [9.17, 15) is 4.79 Å². The molecule has 0 aliphatic carbocycles. The van der Waals surface area contributed by atoms with E-state index in [1.807, 2.05) is 19.2 Å². The molecule has 6 nitrogen and oxygen atoms in total. The summed E-state index contributed by atoms with van der Waals surface area (Å²) in [6.45, 7) is 2.90. The van der Waals surface area contributed by atoms with Crippen molar-refractivity contribution < 1.29 is 9.53 Å². The summed E-state index contributed by atoms with van der Waals surface area (Å²) in [6.07, 6.45) is 0. The fraction of sp³-hybridized carbons (Fsp3) is 0.385. The Bertz CT molecular complexity index is 699. The first kappa shape index (κ1) is 11.8. The third-order valence-electron chi connectivity index (χ3n) is 3.64. The van der Waals surface area contributed by atoms with Crippen LogP contribution in [-0.2, 0) is 0 Å². The van der Waals surface area contributed by atoms with Crippen LogP contribution in [0.15, 0.2) is 12.1 Å². The summed E-state index contributed by atoms with van der Waals surface area (Å²) in [4.78, 5) is 20.3. The molecule has 1 N–H and O–H groups in total. The van der Waals surface area contributed by atoms with Gasteiger partial charge in [-0.15, -0.1) is 0 Å². The first-order valence-electron chi connectivity index (χ1n) is 6.57. The van der Waals surface area contributed by atoms with E-state index in [1.54, 1.807) is 16.2 Å². The maximum atomic E-state index is 11.8. The fourth-order valence-electron chi connectivity index (χ4n) is 2.61. The Labute approximate surface area is 119 Å². The zero-order chi connectivity index (χ0) is 13.7. The lowest BCUT2D eigenvalue weighted by Gasteiger charge is -2.27. The molecule has 0 unspecified atom stereocenters. The number of fused-ring (bicyclic) bond motifs is 3. The molecule has 1 aromatic heterocycles. The van der Waals surface area contributed by atoms with Crippen molar-refractivity contribution >= 4 is 38.4 Å². The molecule has 0 radical (unpaired) electrons. The van der Waals surface area contributed by atoms with E-state index < -0.39 is 0 Å². The van der Waals surface area contributed by atoms with E-state index in [-0.39, 0.29) is 6.03 Å². The van der Waals surface area contributed by atoms with Crippen molar-refractivity contribution in [2.75, 3.05) is 43.1 Å². The van der Waals surface area contributed by atoms with E-state index in [0.717, 1.165) is 33.3 Å². The minimum Gasteiger partial charge on any atom is -0.489 e. The summed E-state index contributed by atoms with van der Waals surface area (Å²) in [7, 11) is 2.04. The molecule has 0 saturated carbocycles. The van der Waals surface area contributed by atoms with Gasteiger partial charge in [-0.3, -0.25) is 4.90 Å². The summed E-state index contributed by atoms with van der Waals surface area (Å²) < 4.78 is 6.77. The number of ether oxygens (including phenoxy) is 1. The largest absolute Gasteiger partial charge is 0.489 e. The number of carbonyl (C=O) groups is 1. The molecule has 2 aliphatic heterocycles. The number of hydrogen-bond acceptors (Lipinski definition) is 5. The van der Waals surface area contributed by atoms with Crippen molar-refractivity contribution in [3.63, 3.8) is 0 Å². The zero-order valence-corrected chi connectivity index (χ0v) is 11.9. The molecule has 20 heavy (non-hydrogen) atoms. The standard InChI is InChI=1S/C13H14N4O2S/c1-16-6-7-19-8-2-3-9-10(11(8)16)15-13(20-9)17-5-4-14-12(17)18/h2-3H,4-7H2,1H3,(H,14,18). The molecule has 2 aliphatic rings. The lowest BCUT2D eigenvalue weighted by atomic mass is 10.2. The normalized spacial score (nSPS) is 18.1. The summed E-state index contributed by atoms with van der Waals surface area (Å²) in [5.41, 5.74) is 1.94. The van der Waals surface area contributed by atoms with Crippen LogP contribution in [0, 0.1) is 0 Å². The number of carbonyl (C=O) groups excluding carboxylic acids is 1. The number of amides is 2. The number of nitrogens with zero attached hydrogens (tertiary/aromatic N) is 3. The highest BCUT2D eigenvalue weighted by atomic mass is 32.1. The van der Waals surface area contributed by atoms with Gasteiger partial charge in [-0.1, -0.05) is 11.3 Å². The van der Waals surface area contributed by atoms with Crippen molar-refractivity contribution in [1.82, 2.24) is 10.3 Å². The maximum absolute atomic E-state index is 11.8. The molecular weight excluding hydrogens is 276 g/mol. The average molecular weight is 290 g/mol. The van der Waals surface area contributed by atoms with Crippen molar-refractivity contribution in [3.05, 3.63) is 12.1 Å². The molecule has 104 valence electrons. The quantitative estimate of drug-likeness (QED) is 0.867. The third kappa shape index (κ3) is 1.62. The number of aromatic nitrogens is 1. The van der Waals surface area contributed by atoms with Gasteiger partial charge in [-0.05, 0) is 12.1 Å². The molecular formula is C13H14N4O2S. The number of urea groups is 1. The minimum atomic E-state index is -0.0671. The number of benzene rings is 1. The van der Waals surface area contributed by atoms with E-state index in [2.05, 4.69) is 15.2 Å². The first-order valence-corrected chi connectivity index (χ1v) is 7.38. The van der Waals surface area contributed by atoms with Crippen molar-refractivity contribution in [1.29, 1.82) is 0 Å². The molecule has 0 spiro atoms. The van der Waals surface area contributed by atoms with E-state index in [4.69, 9.17) is 4.74 Å². The number of nitrogens with one attached hydrogen (secondary N) is 1. The summed E-state index contributed by atoms with van der Waals surface area (Å²) >= 11 is 1.54. The summed E-state index contributed by atoms with van der Waals surface area (Å²) in [5.74, 6) is 0.869. The Hall–Kier alpha value is -2.02. The number of anilines is 2. The molecule has 1 aromatic carbocycles. The van der Waals surface area contributed by atoms with Crippen LogP contribution >= 0.6 is 11.3 Å². The van der Waals surface area contributed by atoms with Gasteiger partial charge in [0.2, 0.25) is 0 Å². The Kier molecular flexibility index (Phi) is 2.50. The number of likely N-dealkylation sites (N-methyl/N-ethyl adjacent to an activating group) is 1. The molecule has 1 saturated heterocycles. The van der Waals surface area contributed by atoms with Crippen molar-refractivity contribution in [3.8, 4) is 5.75 Å². The maximum Gasteiger partial charge on any atom is 0.323 e. The van der Waals surface area contributed by atoms with Gasteiger partial charge in [0.1, 0.15) is 23.6 Å². The predicted molar refractivity (Wildman–Crippen MR) is 79.1 cm³/mol. The Morgan fingerprint density at radius 3 is 3.10 bits per heavy atom. The van der Waals surface area contributed by atoms with Crippen LogP contribution in [0.3, 0.4) is 0 Å². The second kappa shape index (κ2) is 4.24. The third-order valence-corrected chi connectivity index (χ3v) is 4.68. The zero-order valence-electron chi connectivity index (χ0n) is 11.0. The van der Waals surface area contributed by atoms with Gasteiger partial charge in [0.25, 0.3) is 0 Å². The topological polar surface area (TPSA) is 57.7 Å². The van der Waals surface area contributed by atoms with E-state index in [0.29, 0.717) is 19.7 Å². The SMILES string of the molecule is CN1CCOc2ccc3sc(N4CCNC4=O)nc3c21. The van der Waals surface area contributed by atoms with Crippen LogP contribution in [0.4, 0.5) is 15.6 Å². The van der Waals surface area contributed by atoms with Crippen LogP contribution in [-0.4, -0.2) is 44.3 Å². The van der Waals surface area contributed by atoms with Crippen molar-refractivity contribution in [2.24, 2.45) is 0 Å².